The molecular formula is C6H4F3N3OS. The van der Waals surface area contributed by atoms with Gasteiger partial charge in [0.05, 0.1) is 5.57 Å². The van der Waals surface area contributed by atoms with Crippen LogP contribution in [0, 0.1) is 0 Å². The van der Waals surface area contributed by atoms with Crippen LogP contribution in [0.1, 0.15) is 10.0 Å². The number of halogens is 3. The Balaban J connectivity index is 3.00. The molecular weight excluding hydrogens is 219 g/mol. The van der Waals surface area contributed by atoms with E-state index in [9.17, 15) is 18.0 Å². The normalized spacial score (nSPS) is 11.4. The second-order valence-corrected chi connectivity index (χ2v) is 3.23. The van der Waals surface area contributed by atoms with Crippen LogP contribution in [0.15, 0.2) is 6.58 Å². The maximum absolute atomic E-state index is 12.0. The molecule has 2 N–H and O–H groups in total. The van der Waals surface area contributed by atoms with Crippen LogP contribution in [0.5, 0.6) is 0 Å². The zero-order valence-electron chi connectivity index (χ0n) is 6.63. The number of aromatic nitrogens is 2. The third kappa shape index (κ3) is 2.08. The lowest BCUT2D eigenvalue weighted by Gasteiger charge is -1.97. The summed E-state index contributed by atoms with van der Waals surface area (Å²) in [5.41, 5.74) is 4.53. The summed E-state index contributed by atoms with van der Waals surface area (Å²) in [4.78, 5) is 10.5. The van der Waals surface area contributed by atoms with E-state index in [4.69, 9.17) is 5.73 Å². The van der Waals surface area contributed by atoms with Crippen LogP contribution < -0.4 is 5.73 Å². The first kappa shape index (κ1) is 10.6. The van der Waals surface area contributed by atoms with E-state index < -0.39 is 17.1 Å². The number of carbonyl (C=O) groups excluding carboxylic acids is 1. The molecule has 0 saturated carbocycles. The second-order valence-electron chi connectivity index (χ2n) is 2.25. The van der Waals surface area contributed by atoms with Gasteiger partial charge in [-0.25, -0.2) is 0 Å². The molecule has 1 rings (SSSR count). The highest BCUT2D eigenvalue weighted by Gasteiger charge is 2.36. The minimum Gasteiger partial charge on any atom is -0.366 e. The van der Waals surface area contributed by atoms with Gasteiger partial charge in [-0.05, 0) is 0 Å². The molecule has 0 aliphatic heterocycles. The molecule has 0 atom stereocenters. The van der Waals surface area contributed by atoms with E-state index in [1.54, 1.807) is 0 Å². The van der Waals surface area contributed by atoms with Crippen LogP contribution in [0.3, 0.4) is 0 Å². The van der Waals surface area contributed by atoms with Gasteiger partial charge in [0.2, 0.25) is 5.01 Å². The number of amides is 1. The van der Waals surface area contributed by atoms with Gasteiger partial charge in [0, 0.05) is 0 Å². The number of alkyl halides is 3. The van der Waals surface area contributed by atoms with E-state index in [1.165, 1.54) is 0 Å². The van der Waals surface area contributed by atoms with Crippen LogP contribution in [-0.4, -0.2) is 16.1 Å². The van der Waals surface area contributed by atoms with Crippen molar-refractivity contribution in [3.63, 3.8) is 0 Å². The number of hydrogen-bond acceptors (Lipinski definition) is 4. The van der Waals surface area contributed by atoms with E-state index >= 15 is 0 Å². The lowest BCUT2D eigenvalue weighted by atomic mass is 10.3. The molecule has 8 heteroatoms. The smallest absolute Gasteiger partial charge is 0.366 e. The predicted octanol–water partition coefficient (Wildman–Crippen LogP) is 1.06. The van der Waals surface area contributed by atoms with Crippen LogP contribution in [0.2, 0.25) is 0 Å². The van der Waals surface area contributed by atoms with Gasteiger partial charge in [0.25, 0.3) is 5.91 Å². The molecule has 4 nitrogen and oxygen atoms in total. The van der Waals surface area contributed by atoms with Gasteiger partial charge in [0.1, 0.15) is 0 Å². The summed E-state index contributed by atoms with van der Waals surface area (Å²) in [6.45, 7) is 3.19. The molecule has 1 aromatic heterocycles. The van der Waals surface area contributed by atoms with E-state index in [-0.39, 0.29) is 21.9 Å². The van der Waals surface area contributed by atoms with Gasteiger partial charge < -0.3 is 5.73 Å². The Morgan fingerprint density at radius 3 is 2.36 bits per heavy atom. The Morgan fingerprint density at radius 2 is 2.00 bits per heavy atom. The van der Waals surface area contributed by atoms with E-state index in [0.717, 1.165) is 0 Å². The van der Waals surface area contributed by atoms with Crippen molar-refractivity contribution in [2.75, 3.05) is 0 Å². The summed E-state index contributed by atoms with van der Waals surface area (Å²) in [5, 5.41) is 4.67. The SMILES string of the molecule is C=C(C(N)=O)c1nnc(C(F)(F)F)s1. The van der Waals surface area contributed by atoms with Crippen molar-refractivity contribution in [2.24, 2.45) is 5.73 Å². The number of hydrogen-bond donors (Lipinski definition) is 1. The van der Waals surface area contributed by atoms with E-state index in [2.05, 4.69) is 16.8 Å². The third-order valence-corrected chi connectivity index (χ3v) is 2.25. The highest BCUT2D eigenvalue weighted by molar-refractivity contribution is 7.12. The number of primary amides is 1. The van der Waals surface area contributed by atoms with Gasteiger partial charge in [-0.1, -0.05) is 17.9 Å². The lowest BCUT2D eigenvalue weighted by molar-refractivity contribution is -0.138. The van der Waals surface area contributed by atoms with Crippen molar-refractivity contribution in [1.82, 2.24) is 10.2 Å². The van der Waals surface area contributed by atoms with Gasteiger partial charge in [0.15, 0.2) is 5.01 Å². The molecule has 1 aromatic rings. The molecule has 0 radical (unpaired) electrons. The molecule has 0 aliphatic carbocycles. The van der Waals surface area contributed by atoms with Crippen molar-refractivity contribution in [1.29, 1.82) is 0 Å². The molecule has 0 unspecified atom stereocenters. The molecule has 76 valence electrons. The molecule has 14 heavy (non-hydrogen) atoms. The van der Waals surface area contributed by atoms with Crippen LogP contribution >= 0.6 is 11.3 Å². The molecule has 0 spiro atoms. The molecule has 0 fully saturated rings. The van der Waals surface area contributed by atoms with E-state index in [1.807, 2.05) is 0 Å². The van der Waals surface area contributed by atoms with Gasteiger partial charge >= 0.3 is 6.18 Å². The zero-order chi connectivity index (χ0) is 10.9. The predicted molar refractivity (Wildman–Crippen MR) is 43.1 cm³/mol. The van der Waals surface area contributed by atoms with Crippen LogP contribution in [0.25, 0.3) is 5.57 Å². The first-order chi connectivity index (χ1) is 6.32. The fourth-order valence-electron chi connectivity index (χ4n) is 0.565. The number of rotatable bonds is 2. The summed E-state index contributed by atoms with van der Waals surface area (Å²) >= 11 is 0.229. The van der Waals surface area contributed by atoms with Crippen molar-refractivity contribution < 1.29 is 18.0 Å². The number of nitrogens with two attached hydrogens (primary N) is 1. The van der Waals surface area contributed by atoms with Crippen LogP contribution in [0.4, 0.5) is 13.2 Å². The summed E-state index contributed by atoms with van der Waals surface area (Å²) in [5.74, 6) is -0.921. The maximum Gasteiger partial charge on any atom is 0.445 e. The fourth-order valence-corrected chi connectivity index (χ4v) is 1.25. The molecule has 1 heterocycles. The average molecular weight is 223 g/mol. The Labute approximate surface area is 80.2 Å². The summed E-state index contributed by atoms with van der Waals surface area (Å²) in [7, 11) is 0. The van der Waals surface area contributed by atoms with E-state index in [0.29, 0.717) is 0 Å². The van der Waals surface area contributed by atoms with Crippen molar-refractivity contribution >= 4 is 22.8 Å². The molecule has 0 aromatic carbocycles. The Bertz CT molecular complexity index is 384. The minimum absolute atomic E-state index is 0.218. The van der Waals surface area contributed by atoms with Crippen LogP contribution in [-0.2, 0) is 11.0 Å². The number of carbonyl (C=O) groups is 1. The first-order valence-electron chi connectivity index (χ1n) is 3.22. The second kappa shape index (κ2) is 3.37. The Morgan fingerprint density at radius 1 is 1.43 bits per heavy atom. The highest BCUT2D eigenvalue weighted by Crippen LogP contribution is 2.32. The molecule has 0 aliphatic rings. The van der Waals surface area contributed by atoms with Crippen molar-refractivity contribution in [3.8, 4) is 0 Å². The molecule has 0 saturated heterocycles. The van der Waals surface area contributed by atoms with Gasteiger partial charge in [-0.2, -0.15) is 13.2 Å². The maximum atomic E-state index is 12.0. The molecule has 1 amide bonds. The monoisotopic (exact) mass is 223 g/mol. The standard InChI is InChI=1S/C6H4F3N3OS/c1-2(3(10)13)4-11-12-5(14-4)6(7,8)9/h1H2,(H2,10,13). The zero-order valence-corrected chi connectivity index (χ0v) is 7.45. The van der Waals surface area contributed by atoms with Crippen molar-refractivity contribution in [2.45, 2.75) is 6.18 Å². The quantitative estimate of drug-likeness (QED) is 0.762. The Hall–Kier alpha value is -1.44. The summed E-state index contributed by atoms with van der Waals surface area (Å²) in [6, 6.07) is 0. The molecule has 0 bridgehead atoms. The fraction of sp³-hybridized carbons (Fsp3) is 0.167. The summed E-state index contributed by atoms with van der Waals surface area (Å²) < 4.78 is 36.1. The topological polar surface area (TPSA) is 68.9 Å². The average Bonchev–Trinajstić information content (AvgIpc) is 2.49. The van der Waals surface area contributed by atoms with Crippen molar-refractivity contribution in [3.05, 3.63) is 16.6 Å². The first-order valence-corrected chi connectivity index (χ1v) is 4.04. The number of nitrogens with zero attached hydrogens (tertiary/aromatic N) is 2. The minimum atomic E-state index is -4.56. The highest BCUT2D eigenvalue weighted by atomic mass is 32.1. The Kier molecular flexibility index (Phi) is 2.56. The third-order valence-electron chi connectivity index (χ3n) is 1.22. The van der Waals surface area contributed by atoms with Gasteiger partial charge in [-0.3, -0.25) is 4.79 Å². The van der Waals surface area contributed by atoms with Gasteiger partial charge in [-0.15, -0.1) is 10.2 Å². The lowest BCUT2D eigenvalue weighted by Crippen LogP contribution is -2.11. The summed E-state index contributed by atoms with van der Waals surface area (Å²) in [6.07, 6.45) is -4.56. The largest absolute Gasteiger partial charge is 0.445 e.